The third kappa shape index (κ3) is 4.16. The molecule has 0 aromatic rings. The highest BCUT2D eigenvalue weighted by atomic mass is 28.4. The molecule has 0 N–H and O–H groups in total. The Morgan fingerprint density at radius 3 is 2.06 bits per heavy atom. The van der Waals surface area contributed by atoms with Crippen LogP contribution in [0.25, 0.3) is 0 Å². The van der Waals surface area contributed by atoms with Gasteiger partial charge in [-0.3, -0.25) is 9.59 Å². The van der Waals surface area contributed by atoms with E-state index in [1.807, 2.05) is 0 Å². The van der Waals surface area contributed by atoms with Crippen molar-refractivity contribution in [1.29, 1.82) is 0 Å². The molecule has 1 rings (SSSR count). The second kappa shape index (κ2) is 6.98. The number of carbonyl (C=O) groups is 2. The van der Waals surface area contributed by atoms with Gasteiger partial charge in [0.2, 0.25) is 0 Å². The van der Waals surface area contributed by atoms with Gasteiger partial charge in [-0.2, -0.15) is 0 Å². The first kappa shape index (κ1) is 15.3. The molecule has 1 heterocycles. The van der Waals surface area contributed by atoms with Gasteiger partial charge in [0.15, 0.2) is 0 Å². The Bertz CT molecular complexity index is 278. The van der Waals surface area contributed by atoms with E-state index >= 15 is 0 Å². The van der Waals surface area contributed by atoms with E-state index in [0.717, 1.165) is 12.8 Å². The summed E-state index contributed by atoms with van der Waals surface area (Å²) >= 11 is 0. The Hall–Kier alpha value is -0.763. The zero-order valence-corrected chi connectivity index (χ0v) is 12.1. The molecule has 1 aliphatic heterocycles. The summed E-state index contributed by atoms with van der Waals surface area (Å²) in [6, 6.07) is 0.677. The fourth-order valence-electron chi connectivity index (χ4n) is 2.12. The van der Waals surface area contributed by atoms with E-state index in [-0.39, 0.29) is 5.92 Å². The summed E-state index contributed by atoms with van der Waals surface area (Å²) < 4.78 is 20.4. The largest absolute Gasteiger partial charge is 0.500 e. The zero-order chi connectivity index (χ0) is 13.6. The van der Waals surface area contributed by atoms with E-state index < -0.39 is 20.7 Å². The summed E-state index contributed by atoms with van der Waals surface area (Å²) in [5.41, 5.74) is 0. The molecule has 6 nitrogen and oxygen atoms in total. The quantitative estimate of drug-likeness (QED) is 0.394. The second-order valence-electron chi connectivity index (χ2n) is 4.31. The van der Waals surface area contributed by atoms with Crippen LogP contribution in [0.3, 0.4) is 0 Å². The van der Waals surface area contributed by atoms with Gasteiger partial charge < -0.3 is 18.0 Å². The van der Waals surface area contributed by atoms with Gasteiger partial charge >= 0.3 is 20.7 Å². The molecule has 0 unspecified atom stereocenters. The third-order valence-electron chi connectivity index (χ3n) is 3.17. The molecule has 0 aliphatic carbocycles. The normalized spacial score (nSPS) is 17.9. The highest BCUT2D eigenvalue weighted by Crippen LogP contribution is 2.25. The third-order valence-corrected chi connectivity index (χ3v) is 6.00. The fraction of sp³-hybridized carbons (Fsp3) is 0.818. The van der Waals surface area contributed by atoms with Gasteiger partial charge in [-0.25, -0.2) is 0 Å². The number of hydrogen-bond acceptors (Lipinski definition) is 6. The van der Waals surface area contributed by atoms with Crippen LogP contribution in [-0.4, -0.2) is 42.1 Å². The van der Waals surface area contributed by atoms with Gasteiger partial charge in [0.1, 0.15) is 0 Å². The van der Waals surface area contributed by atoms with E-state index in [1.165, 1.54) is 0 Å². The fourth-order valence-corrected chi connectivity index (χ4v) is 3.87. The van der Waals surface area contributed by atoms with Crippen molar-refractivity contribution in [3.8, 4) is 0 Å². The molecule has 0 amide bonds. The molecule has 0 spiro atoms. The standard InChI is InChI=1S/C11H20O6Si/c1-14-18(15-2,16-3)6-4-5-9-7-10(12)17-11(13)8-9/h9H,4-8H2,1-3H3. The lowest BCUT2D eigenvalue weighted by molar-refractivity contribution is -0.165. The predicted octanol–water partition coefficient (Wildman–Crippen LogP) is 1.12. The van der Waals surface area contributed by atoms with Gasteiger partial charge in [-0.15, -0.1) is 0 Å². The molecule has 0 aromatic heterocycles. The van der Waals surface area contributed by atoms with Crippen LogP contribution in [0.5, 0.6) is 0 Å². The average Bonchev–Trinajstić information content (AvgIpc) is 2.34. The van der Waals surface area contributed by atoms with Crippen molar-refractivity contribution in [2.45, 2.75) is 31.7 Å². The Morgan fingerprint density at radius 2 is 1.61 bits per heavy atom. The Morgan fingerprint density at radius 1 is 1.11 bits per heavy atom. The Labute approximate surface area is 108 Å². The monoisotopic (exact) mass is 276 g/mol. The summed E-state index contributed by atoms with van der Waals surface area (Å²) in [5, 5.41) is 0. The highest BCUT2D eigenvalue weighted by molar-refractivity contribution is 6.60. The van der Waals surface area contributed by atoms with Crippen molar-refractivity contribution in [2.75, 3.05) is 21.3 Å². The van der Waals surface area contributed by atoms with Crippen molar-refractivity contribution in [2.24, 2.45) is 5.92 Å². The molecular weight excluding hydrogens is 256 g/mol. The summed E-state index contributed by atoms with van der Waals surface area (Å²) in [5.74, 6) is -0.786. The maximum absolute atomic E-state index is 11.1. The maximum atomic E-state index is 11.1. The zero-order valence-electron chi connectivity index (χ0n) is 11.1. The molecule has 1 fully saturated rings. The van der Waals surface area contributed by atoms with Crippen molar-refractivity contribution >= 4 is 20.7 Å². The van der Waals surface area contributed by atoms with Crippen LogP contribution in [0.4, 0.5) is 0 Å². The van der Waals surface area contributed by atoms with Crippen LogP contribution in [0.15, 0.2) is 0 Å². The van der Waals surface area contributed by atoms with Crippen LogP contribution < -0.4 is 0 Å². The molecule has 18 heavy (non-hydrogen) atoms. The van der Waals surface area contributed by atoms with Crippen molar-refractivity contribution in [3.05, 3.63) is 0 Å². The lowest BCUT2D eigenvalue weighted by atomic mass is 9.95. The van der Waals surface area contributed by atoms with Crippen molar-refractivity contribution < 1.29 is 27.6 Å². The van der Waals surface area contributed by atoms with Crippen molar-refractivity contribution in [3.63, 3.8) is 0 Å². The first-order chi connectivity index (χ1) is 8.55. The lowest BCUT2D eigenvalue weighted by Gasteiger charge is -2.25. The molecular formula is C11H20O6Si. The van der Waals surface area contributed by atoms with Crippen LogP contribution >= 0.6 is 0 Å². The van der Waals surface area contributed by atoms with E-state index in [1.54, 1.807) is 21.3 Å². The summed E-state index contributed by atoms with van der Waals surface area (Å²) in [6.45, 7) is 0. The minimum atomic E-state index is -2.54. The number of cyclic esters (lactones) is 2. The van der Waals surface area contributed by atoms with Gasteiger partial charge in [-0.05, 0) is 18.8 Å². The predicted molar refractivity (Wildman–Crippen MR) is 64.6 cm³/mol. The topological polar surface area (TPSA) is 71.1 Å². The molecule has 0 bridgehead atoms. The van der Waals surface area contributed by atoms with Crippen LogP contribution in [0, 0.1) is 5.92 Å². The number of rotatable bonds is 7. The minimum Gasteiger partial charge on any atom is -0.393 e. The lowest BCUT2D eigenvalue weighted by Crippen LogP contribution is -2.42. The van der Waals surface area contributed by atoms with Gasteiger partial charge in [0, 0.05) is 40.2 Å². The van der Waals surface area contributed by atoms with Crippen LogP contribution in [0.2, 0.25) is 6.04 Å². The van der Waals surface area contributed by atoms with Crippen molar-refractivity contribution in [1.82, 2.24) is 0 Å². The minimum absolute atomic E-state index is 0.0658. The average molecular weight is 276 g/mol. The van der Waals surface area contributed by atoms with E-state index in [9.17, 15) is 9.59 Å². The molecule has 104 valence electrons. The van der Waals surface area contributed by atoms with Crippen LogP contribution in [-0.2, 0) is 27.6 Å². The molecule has 1 saturated heterocycles. The number of carbonyl (C=O) groups excluding carboxylic acids is 2. The molecule has 0 aromatic carbocycles. The number of ether oxygens (including phenoxy) is 1. The Balaban J connectivity index is 2.36. The second-order valence-corrected chi connectivity index (χ2v) is 7.40. The molecule has 1 aliphatic rings. The van der Waals surface area contributed by atoms with E-state index in [4.69, 9.17) is 13.3 Å². The number of hydrogen-bond donors (Lipinski definition) is 0. The van der Waals surface area contributed by atoms with E-state index in [0.29, 0.717) is 18.9 Å². The van der Waals surface area contributed by atoms with E-state index in [2.05, 4.69) is 4.74 Å². The highest BCUT2D eigenvalue weighted by Gasteiger charge is 2.37. The molecule has 0 saturated carbocycles. The SMILES string of the molecule is CO[Si](CCCC1CC(=O)OC(=O)C1)(OC)OC. The number of esters is 2. The first-order valence-electron chi connectivity index (χ1n) is 5.94. The molecule has 0 radical (unpaired) electrons. The van der Waals surface area contributed by atoms with Gasteiger partial charge in [0.25, 0.3) is 0 Å². The summed E-state index contributed by atoms with van der Waals surface area (Å²) in [6.07, 6.45) is 2.19. The smallest absolute Gasteiger partial charge is 0.393 e. The first-order valence-corrected chi connectivity index (χ1v) is 7.87. The summed E-state index contributed by atoms with van der Waals surface area (Å²) in [7, 11) is 2.17. The van der Waals surface area contributed by atoms with Crippen LogP contribution in [0.1, 0.15) is 25.7 Å². The van der Waals surface area contributed by atoms with Gasteiger partial charge in [-0.1, -0.05) is 0 Å². The Kier molecular flexibility index (Phi) is 5.93. The maximum Gasteiger partial charge on any atom is 0.500 e. The van der Waals surface area contributed by atoms with Gasteiger partial charge in [0.05, 0.1) is 0 Å². The summed E-state index contributed by atoms with van der Waals surface area (Å²) in [4.78, 5) is 22.2. The molecule has 0 atom stereocenters. The molecule has 7 heteroatoms.